The molecule has 0 atom stereocenters. The van der Waals surface area contributed by atoms with Crippen LogP contribution >= 0.6 is 11.8 Å². The summed E-state index contributed by atoms with van der Waals surface area (Å²) in [6.07, 6.45) is 1.46. The van der Waals surface area contributed by atoms with Crippen LogP contribution in [0.1, 0.15) is 5.56 Å². The van der Waals surface area contributed by atoms with E-state index in [-0.39, 0.29) is 5.69 Å². The fraction of sp³-hybridized carbons (Fsp3) is 0.200. The molecule has 0 aliphatic carbocycles. The van der Waals surface area contributed by atoms with Crippen LogP contribution in [-0.4, -0.2) is 19.7 Å². The summed E-state index contributed by atoms with van der Waals surface area (Å²) in [5.41, 5.74) is 7.08. The number of nitrogens with two attached hydrogens (primary N) is 1. The second-order valence-corrected chi connectivity index (χ2v) is 4.54. The lowest BCUT2D eigenvalue weighted by Gasteiger charge is -2.04. The normalized spacial score (nSPS) is 10.5. The maximum Gasteiger partial charge on any atom is 0.269 e. The quantitative estimate of drug-likeness (QED) is 0.390. The Balaban J connectivity index is 2.16. The van der Waals surface area contributed by atoms with E-state index in [1.807, 2.05) is 0 Å². The number of thioether (sulfide) groups is 1. The standard InChI is InChI=1S/C10H11N5O2S/c1-14-10(12-6-13-14)18-5-7-4-8(15(16)17)2-3-9(7)11/h2-4,6H,5,11H2,1H3. The van der Waals surface area contributed by atoms with Gasteiger partial charge in [0, 0.05) is 30.6 Å². The fourth-order valence-corrected chi connectivity index (χ4v) is 2.28. The Morgan fingerprint density at radius 2 is 2.33 bits per heavy atom. The van der Waals surface area contributed by atoms with Crippen molar-refractivity contribution in [1.29, 1.82) is 0 Å². The molecule has 0 spiro atoms. The van der Waals surface area contributed by atoms with Gasteiger partial charge in [0.25, 0.3) is 5.69 Å². The van der Waals surface area contributed by atoms with Crippen molar-refractivity contribution < 1.29 is 4.92 Å². The molecule has 0 fully saturated rings. The van der Waals surface area contributed by atoms with Gasteiger partial charge >= 0.3 is 0 Å². The van der Waals surface area contributed by atoms with Gasteiger partial charge in [0.05, 0.1) is 4.92 Å². The summed E-state index contributed by atoms with van der Waals surface area (Å²) in [4.78, 5) is 14.3. The minimum Gasteiger partial charge on any atom is -0.398 e. The van der Waals surface area contributed by atoms with Crippen LogP contribution in [0.3, 0.4) is 0 Å². The van der Waals surface area contributed by atoms with E-state index in [2.05, 4.69) is 10.1 Å². The number of hydrogen-bond donors (Lipinski definition) is 1. The molecule has 2 aromatic rings. The largest absolute Gasteiger partial charge is 0.398 e. The Bertz CT molecular complexity index is 583. The van der Waals surface area contributed by atoms with Gasteiger partial charge in [-0.3, -0.25) is 10.1 Å². The molecule has 1 heterocycles. The van der Waals surface area contributed by atoms with Crippen LogP contribution in [0.4, 0.5) is 11.4 Å². The maximum atomic E-state index is 10.7. The molecular formula is C10H11N5O2S. The predicted molar refractivity (Wildman–Crippen MR) is 68.1 cm³/mol. The number of anilines is 1. The van der Waals surface area contributed by atoms with E-state index in [9.17, 15) is 10.1 Å². The highest BCUT2D eigenvalue weighted by atomic mass is 32.2. The molecule has 0 aliphatic heterocycles. The lowest BCUT2D eigenvalue weighted by atomic mass is 10.2. The highest BCUT2D eigenvalue weighted by molar-refractivity contribution is 7.98. The molecule has 1 aromatic heterocycles. The van der Waals surface area contributed by atoms with Gasteiger partial charge in [-0.1, -0.05) is 11.8 Å². The number of benzene rings is 1. The molecule has 0 unspecified atom stereocenters. The topological polar surface area (TPSA) is 99.9 Å². The Kier molecular flexibility index (Phi) is 3.47. The zero-order valence-corrected chi connectivity index (χ0v) is 10.4. The Labute approximate surface area is 107 Å². The van der Waals surface area contributed by atoms with E-state index in [4.69, 9.17) is 5.73 Å². The molecule has 18 heavy (non-hydrogen) atoms. The third-order valence-corrected chi connectivity index (χ3v) is 3.45. The first-order valence-corrected chi connectivity index (χ1v) is 6.06. The van der Waals surface area contributed by atoms with Crippen LogP contribution in [0, 0.1) is 10.1 Å². The molecule has 0 saturated carbocycles. The molecule has 1 aromatic carbocycles. The number of nitro groups is 1. The van der Waals surface area contributed by atoms with Crippen LogP contribution < -0.4 is 5.73 Å². The number of hydrogen-bond acceptors (Lipinski definition) is 6. The van der Waals surface area contributed by atoms with Crippen molar-refractivity contribution in [2.75, 3.05) is 5.73 Å². The van der Waals surface area contributed by atoms with E-state index < -0.39 is 4.92 Å². The molecule has 0 radical (unpaired) electrons. The lowest BCUT2D eigenvalue weighted by molar-refractivity contribution is -0.384. The van der Waals surface area contributed by atoms with E-state index in [1.54, 1.807) is 17.8 Å². The van der Waals surface area contributed by atoms with Gasteiger partial charge in [0.1, 0.15) is 6.33 Å². The Morgan fingerprint density at radius 1 is 1.56 bits per heavy atom. The van der Waals surface area contributed by atoms with Gasteiger partial charge in [-0.05, 0) is 11.6 Å². The number of nitro benzene ring substituents is 1. The fourth-order valence-electron chi connectivity index (χ4n) is 1.39. The van der Waals surface area contributed by atoms with Crippen molar-refractivity contribution in [2.24, 2.45) is 7.05 Å². The summed E-state index contributed by atoms with van der Waals surface area (Å²) in [5, 5.41) is 15.4. The second-order valence-electron chi connectivity index (χ2n) is 3.60. The van der Waals surface area contributed by atoms with Crippen LogP contribution in [0.2, 0.25) is 0 Å². The van der Waals surface area contributed by atoms with Gasteiger partial charge in [-0.2, -0.15) is 5.10 Å². The lowest BCUT2D eigenvalue weighted by Crippen LogP contribution is -1.97. The minimum absolute atomic E-state index is 0.0396. The van der Waals surface area contributed by atoms with Gasteiger partial charge < -0.3 is 5.73 Å². The zero-order valence-electron chi connectivity index (χ0n) is 9.61. The first kappa shape index (κ1) is 12.4. The molecular weight excluding hydrogens is 254 g/mol. The summed E-state index contributed by atoms with van der Waals surface area (Å²) in [6.45, 7) is 0. The van der Waals surface area contributed by atoms with Crippen molar-refractivity contribution >= 4 is 23.1 Å². The number of rotatable bonds is 4. The third kappa shape index (κ3) is 2.59. The van der Waals surface area contributed by atoms with Gasteiger partial charge in [-0.15, -0.1) is 0 Å². The molecule has 8 heteroatoms. The molecule has 0 bridgehead atoms. The van der Waals surface area contributed by atoms with E-state index in [1.165, 1.54) is 30.2 Å². The first-order valence-electron chi connectivity index (χ1n) is 5.07. The molecule has 7 nitrogen and oxygen atoms in total. The predicted octanol–water partition coefficient (Wildman–Crippen LogP) is 1.60. The van der Waals surface area contributed by atoms with Gasteiger partial charge in [-0.25, -0.2) is 9.67 Å². The van der Waals surface area contributed by atoms with Crippen molar-refractivity contribution in [3.05, 3.63) is 40.2 Å². The van der Waals surface area contributed by atoms with Crippen molar-refractivity contribution in [2.45, 2.75) is 10.9 Å². The summed E-state index contributed by atoms with van der Waals surface area (Å²) in [5.74, 6) is 0.514. The average molecular weight is 265 g/mol. The molecule has 2 N–H and O–H groups in total. The third-order valence-electron chi connectivity index (χ3n) is 2.36. The van der Waals surface area contributed by atoms with Crippen LogP contribution in [0.5, 0.6) is 0 Å². The van der Waals surface area contributed by atoms with Crippen LogP contribution in [0.25, 0.3) is 0 Å². The molecule has 0 saturated heterocycles. The number of aromatic nitrogens is 3. The second kappa shape index (κ2) is 5.05. The number of non-ortho nitro benzene ring substituents is 1. The summed E-state index contributed by atoms with van der Waals surface area (Å²) < 4.78 is 1.64. The summed E-state index contributed by atoms with van der Waals surface area (Å²) in [6, 6.07) is 4.43. The van der Waals surface area contributed by atoms with Crippen LogP contribution in [0.15, 0.2) is 29.7 Å². The number of nitrogens with zero attached hydrogens (tertiary/aromatic N) is 4. The highest BCUT2D eigenvalue weighted by Crippen LogP contribution is 2.26. The summed E-state index contributed by atoms with van der Waals surface area (Å²) in [7, 11) is 1.78. The minimum atomic E-state index is -0.435. The van der Waals surface area contributed by atoms with E-state index in [0.29, 0.717) is 11.4 Å². The first-order chi connectivity index (χ1) is 8.58. The average Bonchev–Trinajstić information content (AvgIpc) is 2.73. The summed E-state index contributed by atoms with van der Waals surface area (Å²) >= 11 is 1.43. The smallest absolute Gasteiger partial charge is 0.269 e. The molecule has 0 amide bonds. The molecule has 0 aliphatic rings. The highest BCUT2D eigenvalue weighted by Gasteiger charge is 2.10. The molecule has 2 rings (SSSR count). The zero-order chi connectivity index (χ0) is 13.1. The Morgan fingerprint density at radius 3 is 2.94 bits per heavy atom. The molecule has 94 valence electrons. The van der Waals surface area contributed by atoms with Crippen molar-refractivity contribution in [1.82, 2.24) is 14.8 Å². The Hall–Kier alpha value is -2.09. The number of aryl methyl sites for hydroxylation is 1. The van der Waals surface area contributed by atoms with E-state index in [0.717, 1.165) is 10.7 Å². The maximum absolute atomic E-state index is 10.7. The van der Waals surface area contributed by atoms with E-state index >= 15 is 0 Å². The van der Waals surface area contributed by atoms with Crippen molar-refractivity contribution in [3.63, 3.8) is 0 Å². The SMILES string of the molecule is Cn1ncnc1SCc1cc([N+](=O)[O-])ccc1N. The van der Waals surface area contributed by atoms with Gasteiger partial charge in [0.15, 0.2) is 5.16 Å². The van der Waals surface area contributed by atoms with Crippen molar-refractivity contribution in [3.8, 4) is 0 Å². The monoisotopic (exact) mass is 265 g/mol. The van der Waals surface area contributed by atoms with Crippen LogP contribution in [-0.2, 0) is 12.8 Å². The number of nitrogen functional groups attached to an aromatic ring is 1. The van der Waals surface area contributed by atoms with Gasteiger partial charge in [0.2, 0.25) is 0 Å².